The molecule has 0 atom stereocenters. The molecular weight excluding hydrogens is 703 g/mol. The van der Waals surface area contributed by atoms with Gasteiger partial charge in [0.15, 0.2) is 0 Å². The van der Waals surface area contributed by atoms with E-state index >= 15 is 0 Å². The molecule has 2 nitrogen and oxygen atoms in total. The highest BCUT2D eigenvalue weighted by Gasteiger charge is 2.51. The van der Waals surface area contributed by atoms with Crippen LogP contribution in [0, 0.1) is 0 Å². The summed E-state index contributed by atoms with van der Waals surface area (Å²) >= 11 is 0. The third kappa shape index (κ3) is 4.49. The second-order valence-corrected chi connectivity index (χ2v) is 16.4. The third-order valence-corrected chi connectivity index (χ3v) is 13.1. The van der Waals surface area contributed by atoms with E-state index < -0.39 is 5.41 Å². The Hall–Kier alpha value is -7.16. The number of nitrogens with zero attached hydrogens (tertiary/aromatic N) is 1. The van der Waals surface area contributed by atoms with Gasteiger partial charge in [-0.3, -0.25) is 0 Å². The summed E-state index contributed by atoms with van der Waals surface area (Å²) in [4.78, 5) is 2.45. The molecule has 0 saturated heterocycles. The number of benzene rings is 9. The largest absolute Gasteiger partial charge is 0.457 e. The van der Waals surface area contributed by atoms with Gasteiger partial charge in [-0.1, -0.05) is 166 Å². The lowest BCUT2D eigenvalue weighted by molar-refractivity contribution is 0.436. The second-order valence-electron chi connectivity index (χ2n) is 16.4. The molecule has 1 heterocycles. The van der Waals surface area contributed by atoms with Crippen LogP contribution in [0.15, 0.2) is 200 Å². The highest BCUT2D eigenvalue weighted by molar-refractivity contribution is 6.05. The van der Waals surface area contributed by atoms with E-state index in [1.807, 2.05) is 0 Å². The normalized spacial score (nSPS) is 14.4. The maximum absolute atomic E-state index is 6.67. The Balaban J connectivity index is 1.12. The van der Waals surface area contributed by atoms with Gasteiger partial charge in [-0.05, 0) is 115 Å². The molecule has 0 N–H and O–H groups in total. The molecule has 2 heteroatoms. The molecule has 274 valence electrons. The van der Waals surface area contributed by atoms with Crippen molar-refractivity contribution in [3.63, 3.8) is 0 Å². The van der Waals surface area contributed by atoms with Crippen LogP contribution in [0.2, 0.25) is 0 Å². The van der Waals surface area contributed by atoms with Crippen molar-refractivity contribution in [3.05, 3.63) is 234 Å². The number of ether oxygens (including phenoxy) is 1. The molecule has 1 aliphatic heterocycles. The van der Waals surface area contributed by atoms with Crippen LogP contribution in [0.5, 0.6) is 11.5 Å². The molecule has 0 radical (unpaired) electrons. The maximum atomic E-state index is 6.67. The van der Waals surface area contributed by atoms with Crippen molar-refractivity contribution in [2.24, 2.45) is 0 Å². The zero-order valence-corrected chi connectivity index (χ0v) is 32.4. The first-order valence-corrected chi connectivity index (χ1v) is 20.3. The van der Waals surface area contributed by atoms with Crippen LogP contribution in [-0.2, 0) is 10.8 Å². The lowest BCUT2D eigenvalue weighted by Crippen LogP contribution is -2.32. The molecule has 1 spiro atoms. The monoisotopic (exact) mass is 741 g/mol. The van der Waals surface area contributed by atoms with E-state index in [-0.39, 0.29) is 5.41 Å². The van der Waals surface area contributed by atoms with E-state index in [4.69, 9.17) is 4.74 Å². The molecule has 3 aliphatic rings. The quantitative estimate of drug-likeness (QED) is 0.178. The van der Waals surface area contributed by atoms with Gasteiger partial charge in [0, 0.05) is 33.6 Å². The summed E-state index contributed by atoms with van der Waals surface area (Å²) in [5.74, 6) is 1.80. The van der Waals surface area contributed by atoms with Gasteiger partial charge >= 0.3 is 0 Å². The van der Waals surface area contributed by atoms with Gasteiger partial charge in [0.05, 0.1) is 5.41 Å². The number of para-hydroxylation sites is 2. The summed E-state index contributed by atoms with van der Waals surface area (Å²) < 4.78 is 6.67. The number of fused-ring (bicyclic) bond motifs is 14. The molecule has 0 saturated carbocycles. The second kappa shape index (κ2) is 12.2. The summed E-state index contributed by atoms with van der Waals surface area (Å²) in [5.41, 5.74) is 17.9. The van der Waals surface area contributed by atoms with Gasteiger partial charge < -0.3 is 9.64 Å². The van der Waals surface area contributed by atoms with Gasteiger partial charge in [0.25, 0.3) is 0 Å². The van der Waals surface area contributed by atoms with Crippen molar-refractivity contribution in [3.8, 4) is 44.9 Å². The van der Waals surface area contributed by atoms with Crippen molar-refractivity contribution in [2.75, 3.05) is 4.90 Å². The van der Waals surface area contributed by atoms with Gasteiger partial charge in [-0.25, -0.2) is 0 Å². The molecule has 58 heavy (non-hydrogen) atoms. The average molecular weight is 742 g/mol. The van der Waals surface area contributed by atoms with Crippen molar-refractivity contribution >= 4 is 27.8 Å². The Kier molecular flexibility index (Phi) is 6.93. The minimum atomic E-state index is -0.551. The summed E-state index contributed by atoms with van der Waals surface area (Å²) in [7, 11) is 0. The molecule has 0 fully saturated rings. The first kappa shape index (κ1) is 33.0. The van der Waals surface area contributed by atoms with E-state index in [2.05, 4.69) is 219 Å². The molecule has 0 aromatic heterocycles. The first-order chi connectivity index (χ1) is 28.5. The number of rotatable bonds is 4. The van der Waals surface area contributed by atoms with Crippen LogP contribution in [0.3, 0.4) is 0 Å². The van der Waals surface area contributed by atoms with E-state index in [1.54, 1.807) is 0 Å². The van der Waals surface area contributed by atoms with E-state index in [0.29, 0.717) is 0 Å². The fourth-order valence-electron chi connectivity index (χ4n) is 10.5. The van der Waals surface area contributed by atoms with Crippen LogP contribution in [0.1, 0.15) is 47.2 Å². The average Bonchev–Trinajstić information content (AvgIpc) is 3.69. The maximum Gasteiger partial charge on any atom is 0.132 e. The first-order valence-electron chi connectivity index (χ1n) is 20.3. The number of anilines is 3. The van der Waals surface area contributed by atoms with Crippen LogP contribution in [-0.4, -0.2) is 0 Å². The highest BCUT2D eigenvalue weighted by Crippen LogP contribution is 2.63. The van der Waals surface area contributed by atoms with Gasteiger partial charge in [0.1, 0.15) is 11.5 Å². The van der Waals surface area contributed by atoms with Crippen LogP contribution in [0.25, 0.3) is 44.2 Å². The number of hydrogen-bond acceptors (Lipinski definition) is 2. The SMILES string of the molecule is CC1(C)c2ccccc2-c2ccc(N(c3ccc(-c4ccccc4)cc3)c3ccc4c(c3)-c3c(ccc5ccccc35)C43c4ccccc4Oc4ccccc43)cc21. The lowest BCUT2D eigenvalue weighted by atomic mass is 9.66. The van der Waals surface area contributed by atoms with E-state index in [9.17, 15) is 0 Å². The van der Waals surface area contributed by atoms with Crippen LogP contribution in [0.4, 0.5) is 17.1 Å². The Morgan fingerprint density at radius 3 is 1.72 bits per heavy atom. The fraction of sp³-hybridized carbons (Fsp3) is 0.0714. The minimum Gasteiger partial charge on any atom is -0.457 e. The van der Waals surface area contributed by atoms with Crippen LogP contribution < -0.4 is 9.64 Å². The lowest BCUT2D eigenvalue weighted by Gasteiger charge is -2.39. The zero-order chi connectivity index (χ0) is 38.6. The predicted octanol–water partition coefficient (Wildman–Crippen LogP) is 14.8. The molecular formula is C56H39NO. The minimum absolute atomic E-state index is 0.128. The van der Waals surface area contributed by atoms with Crippen molar-refractivity contribution in [1.82, 2.24) is 0 Å². The predicted molar refractivity (Wildman–Crippen MR) is 239 cm³/mol. The summed E-state index contributed by atoms with van der Waals surface area (Å²) in [6, 6.07) is 73.6. The molecule has 12 rings (SSSR count). The summed E-state index contributed by atoms with van der Waals surface area (Å²) in [5, 5.41) is 2.49. The number of hydrogen-bond donors (Lipinski definition) is 0. The summed E-state index contributed by atoms with van der Waals surface area (Å²) in [6.45, 7) is 4.72. The smallest absolute Gasteiger partial charge is 0.132 e. The zero-order valence-electron chi connectivity index (χ0n) is 32.4. The Bertz CT molecular complexity index is 3080. The third-order valence-electron chi connectivity index (χ3n) is 13.1. The molecule has 0 unspecified atom stereocenters. The van der Waals surface area contributed by atoms with Gasteiger partial charge in [-0.2, -0.15) is 0 Å². The molecule has 2 aliphatic carbocycles. The molecule has 9 aromatic rings. The standard InChI is InChI=1S/C56H39NO/c1-55(2)46-19-9-8-18-43(46)44-31-29-41(35-51(44)55)57(39-27-24-37(25-28-39)36-14-4-3-5-15-36)40-30-33-47-45(34-40)54-42-17-7-6-16-38(42)26-32-50(54)56(47)48-20-10-12-22-52(48)58-53-23-13-11-21-49(53)56/h3-35H,1-2H3. The fourth-order valence-corrected chi connectivity index (χ4v) is 10.5. The van der Waals surface area contributed by atoms with Crippen molar-refractivity contribution in [2.45, 2.75) is 24.7 Å². The van der Waals surface area contributed by atoms with E-state index in [0.717, 1.165) is 28.6 Å². The molecule has 0 amide bonds. The van der Waals surface area contributed by atoms with Crippen molar-refractivity contribution in [1.29, 1.82) is 0 Å². The summed E-state index contributed by atoms with van der Waals surface area (Å²) in [6.07, 6.45) is 0. The van der Waals surface area contributed by atoms with Gasteiger partial charge in [-0.15, -0.1) is 0 Å². The van der Waals surface area contributed by atoms with Gasteiger partial charge in [0.2, 0.25) is 0 Å². The molecule has 9 aromatic carbocycles. The molecule has 0 bridgehead atoms. The van der Waals surface area contributed by atoms with E-state index in [1.165, 1.54) is 77.5 Å². The Morgan fingerprint density at radius 1 is 0.379 bits per heavy atom. The highest BCUT2D eigenvalue weighted by atomic mass is 16.5. The van der Waals surface area contributed by atoms with Crippen LogP contribution >= 0.6 is 0 Å². The Labute approximate surface area is 339 Å². The topological polar surface area (TPSA) is 12.5 Å². The Morgan fingerprint density at radius 2 is 0.948 bits per heavy atom. The van der Waals surface area contributed by atoms with Crippen molar-refractivity contribution < 1.29 is 4.74 Å².